The van der Waals surface area contributed by atoms with Gasteiger partial charge in [0.1, 0.15) is 23.1 Å². The van der Waals surface area contributed by atoms with E-state index in [1.807, 2.05) is 49.3 Å². The number of allylic oxidation sites excluding steroid dienone is 2. The predicted octanol–water partition coefficient (Wildman–Crippen LogP) is 8.12. The third-order valence-electron chi connectivity index (χ3n) is 12.0. The molecule has 8 rings (SSSR count). The molecule has 1 N–H and O–H groups in total. The van der Waals surface area contributed by atoms with Crippen molar-refractivity contribution in [3.63, 3.8) is 0 Å². The van der Waals surface area contributed by atoms with Crippen molar-refractivity contribution < 1.29 is 38.1 Å². The van der Waals surface area contributed by atoms with Crippen molar-refractivity contribution in [3.05, 3.63) is 107 Å². The second kappa shape index (κ2) is 14.1. The first-order valence-electron chi connectivity index (χ1n) is 18.4. The molecule has 4 aromatic rings. The molecule has 292 valence electrons. The van der Waals surface area contributed by atoms with Crippen LogP contribution in [0.25, 0.3) is 0 Å². The van der Waals surface area contributed by atoms with Gasteiger partial charge in [0.2, 0.25) is 23.6 Å². The monoisotopic (exact) mass is 791 g/mol. The Morgan fingerprint density at radius 3 is 1.98 bits per heavy atom. The summed E-state index contributed by atoms with van der Waals surface area (Å²) in [4.78, 5) is 62.4. The van der Waals surface area contributed by atoms with Crippen molar-refractivity contribution in [2.45, 2.75) is 25.7 Å². The highest BCUT2D eigenvalue weighted by atomic mass is 35.5. The minimum atomic E-state index is -1.46. The number of aromatic hydroxyl groups is 1. The lowest BCUT2D eigenvalue weighted by atomic mass is 9.51. The van der Waals surface area contributed by atoms with E-state index in [1.165, 1.54) is 43.4 Å². The molecule has 3 fully saturated rings. The van der Waals surface area contributed by atoms with Crippen molar-refractivity contribution in [1.82, 2.24) is 0 Å². The zero-order valence-electron chi connectivity index (χ0n) is 31.8. The van der Waals surface area contributed by atoms with Crippen LogP contribution in [-0.4, -0.2) is 57.1 Å². The number of ether oxygens (including phenoxy) is 2. The maximum absolute atomic E-state index is 14.8. The highest BCUT2D eigenvalue weighted by molar-refractivity contribution is 6.32. The highest BCUT2D eigenvalue weighted by Gasteiger charge is 2.68. The minimum Gasteiger partial charge on any atom is -0.508 e. The maximum atomic E-state index is 14.8. The Morgan fingerprint density at radius 1 is 0.807 bits per heavy atom. The molecule has 2 heterocycles. The molecule has 14 heteroatoms. The molecule has 4 aromatic carbocycles. The molecule has 6 unspecified atom stereocenters. The van der Waals surface area contributed by atoms with Crippen LogP contribution in [0.4, 0.5) is 32.8 Å². The van der Waals surface area contributed by atoms with Crippen LogP contribution >= 0.6 is 11.6 Å². The number of imide groups is 2. The summed E-state index contributed by atoms with van der Waals surface area (Å²) < 4.78 is 25.8. The Balaban J connectivity index is 1.17. The van der Waals surface area contributed by atoms with Crippen LogP contribution in [0.1, 0.15) is 31.2 Å². The fourth-order valence-corrected chi connectivity index (χ4v) is 9.43. The molecule has 1 saturated carbocycles. The number of halogens is 2. The van der Waals surface area contributed by atoms with E-state index in [4.69, 9.17) is 21.1 Å². The third kappa shape index (κ3) is 5.94. The average molecular weight is 792 g/mol. The Hall–Kier alpha value is -6.08. The zero-order valence-corrected chi connectivity index (χ0v) is 32.5. The normalized spacial score (nSPS) is 25.4. The van der Waals surface area contributed by atoms with Gasteiger partial charge < -0.3 is 19.5 Å². The number of phenols is 1. The summed E-state index contributed by atoms with van der Waals surface area (Å²) >= 11 is 6.14. The van der Waals surface area contributed by atoms with Gasteiger partial charge >= 0.3 is 0 Å². The van der Waals surface area contributed by atoms with Crippen LogP contribution in [-0.2, 0) is 19.2 Å². The molecule has 0 bridgehead atoms. The SMILES string of the molecule is COc1cc(O)cc(OC)c1C1C2=CCC3C(=O)N(c4ccc(N=Nc5ccc(N(C)C)cc5)cc4)C(=O)C3C2CC2C(=O)N(c3ccc(F)c(Cl)c3)C(=O)C21C. The van der Waals surface area contributed by atoms with Gasteiger partial charge in [0.15, 0.2) is 0 Å². The largest absolute Gasteiger partial charge is 0.508 e. The Kier molecular flexibility index (Phi) is 9.38. The summed E-state index contributed by atoms with van der Waals surface area (Å²) in [6, 6.07) is 20.7. The predicted molar refractivity (Wildman–Crippen MR) is 211 cm³/mol. The van der Waals surface area contributed by atoms with E-state index in [1.54, 1.807) is 31.2 Å². The fourth-order valence-electron chi connectivity index (χ4n) is 9.26. The van der Waals surface area contributed by atoms with Crippen molar-refractivity contribution in [1.29, 1.82) is 0 Å². The van der Waals surface area contributed by atoms with Gasteiger partial charge in [0.05, 0.1) is 65.2 Å². The van der Waals surface area contributed by atoms with Gasteiger partial charge in [-0.3, -0.25) is 24.1 Å². The second-order valence-electron chi connectivity index (χ2n) is 15.2. The number of fused-ring (bicyclic) bond motifs is 4. The number of hydrogen-bond donors (Lipinski definition) is 1. The van der Waals surface area contributed by atoms with E-state index < -0.39 is 58.5 Å². The number of carbonyl (C=O) groups is 4. The number of anilines is 3. The lowest BCUT2D eigenvalue weighted by Crippen LogP contribution is -2.49. The number of rotatable bonds is 8. The minimum absolute atomic E-state index is 0.0837. The quantitative estimate of drug-likeness (QED) is 0.107. The van der Waals surface area contributed by atoms with E-state index in [0.717, 1.165) is 16.7 Å². The lowest BCUT2D eigenvalue weighted by molar-refractivity contribution is -0.131. The van der Waals surface area contributed by atoms with E-state index >= 15 is 0 Å². The number of methoxy groups -OCH3 is 2. The molecule has 4 aliphatic rings. The molecule has 2 aliphatic heterocycles. The van der Waals surface area contributed by atoms with Gasteiger partial charge in [-0.05, 0) is 92.4 Å². The molecular weight excluding hydrogens is 753 g/mol. The van der Waals surface area contributed by atoms with Crippen LogP contribution in [0.2, 0.25) is 5.02 Å². The van der Waals surface area contributed by atoms with Gasteiger partial charge in [0, 0.05) is 43.4 Å². The number of hydrogen-bond acceptors (Lipinski definition) is 10. The molecule has 2 aliphatic carbocycles. The molecule has 0 spiro atoms. The first-order valence-corrected chi connectivity index (χ1v) is 18.8. The van der Waals surface area contributed by atoms with Crippen molar-refractivity contribution in [2.75, 3.05) is 43.0 Å². The van der Waals surface area contributed by atoms with Crippen LogP contribution < -0.4 is 24.2 Å². The molecule has 2 saturated heterocycles. The molecule has 4 amide bonds. The van der Waals surface area contributed by atoms with Gasteiger partial charge in [-0.2, -0.15) is 10.2 Å². The van der Waals surface area contributed by atoms with E-state index in [2.05, 4.69) is 10.2 Å². The van der Waals surface area contributed by atoms with Crippen LogP contribution in [0.5, 0.6) is 17.2 Å². The summed E-state index contributed by atoms with van der Waals surface area (Å²) in [6.07, 6.45) is 2.19. The Morgan fingerprint density at radius 2 is 1.40 bits per heavy atom. The number of carbonyl (C=O) groups excluding carboxylic acids is 4. The summed E-state index contributed by atoms with van der Waals surface area (Å²) in [6.45, 7) is 1.70. The van der Waals surface area contributed by atoms with Crippen LogP contribution in [0.15, 0.2) is 101 Å². The Bertz CT molecular complexity index is 2380. The zero-order chi connectivity index (χ0) is 40.5. The van der Waals surface area contributed by atoms with Crippen molar-refractivity contribution in [2.24, 2.45) is 39.3 Å². The summed E-state index contributed by atoms with van der Waals surface area (Å²) in [5.41, 5.74) is 2.34. The molecule has 0 radical (unpaired) electrons. The number of amides is 4. The average Bonchev–Trinajstić information content (AvgIpc) is 3.57. The lowest BCUT2D eigenvalue weighted by Gasteiger charge is -2.49. The number of phenolic OH excluding ortho intramolecular Hbond substituents is 1. The summed E-state index contributed by atoms with van der Waals surface area (Å²) in [5.74, 6) is -6.39. The van der Waals surface area contributed by atoms with E-state index in [-0.39, 0.29) is 46.7 Å². The highest BCUT2D eigenvalue weighted by Crippen LogP contribution is 2.66. The number of azo groups is 1. The van der Waals surface area contributed by atoms with Crippen molar-refractivity contribution >= 4 is 63.7 Å². The van der Waals surface area contributed by atoms with Crippen LogP contribution in [0.3, 0.4) is 0 Å². The smallest absolute Gasteiger partial charge is 0.241 e. The van der Waals surface area contributed by atoms with Crippen LogP contribution in [0, 0.1) is 34.9 Å². The first-order chi connectivity index (χ1) is 27.3. The molecule has 6 atom stereocenters. The van der Waals surface area contributed by atoms with E-state index in [0.29, 0.717) is 28.2 Å². The molecular formula is C43H39ClFN5O7. The van der Waals surface area contributed by atoms with Gasteiger partial charge in [-0.15, -0.1) is 0 Å². The standard InChI is InChI=1S/C43H39ClFN5O7/c1-43-31(40(53)50(42(43)55)26-14-17-33(45)32(44)18-26)21-30-28(38(43)37-34(56-4)19-27(51)20-35(37)57-5)15-16-29-36(30)41(54)49(39(29)52)25-12-8-23(9-13-25)47-46-22-6-10-24(11-7-22)48(2)3/h6-15,17-20,29-31,36,38,51H,16,21H2,1-5H3. The summed E-state index contributed by atoms with van der Waals surface area (Å²) in [7, 11) is 6.74. The third-order valence-corrected chi connectivity index (χ3v) is 12.3. The summed E-state index contributed by atoms with van der Waals surface area (Å²) in [5, 5.41) is 19.0. The van der Waals surface area contributed by atoms with E-state index in [9.17, 15) is 28.7 Å². The van der Waals surface area contributed by atoms with Gasteiger partial charge in [-0.1, -0.05) is 23.3 Å². The first kappa shape index (κ1) is 37.8. The van der Waals surface area contributed by atoms with Crippen molar-refractivity contribution in [3.8, 4) is 17.2 Å². The molecule has 57 heavy (non-hydrogen) atoms. The maximum Gasteiger partial charge on any atom is 0.241 e. The Labute approximate surface area is 333 Å². The molecule has 0 aromatic heterocycles. The number of nitrogens with zero attached hydrogens (tertiary/aromatic N) is 5. The number of benzene rings is 4. The van der Waals surface area contributed by atoms with Gasteiger partial charge in [0.25, 0.3) is 0 Å². The topological polar surface area (TPSA) is 141 Å². The fraction of sp³-hybridized carbons (Fsp3) is 0.302. The van der Waals surface area contributed by atoms with Gasteiger partial charge in [-0.25, -0.2) is 9.29 Å². The molecule has 12 nitrogen and oxygen atoms in total. The second-order valence-corrected chi connectivity index (χ2v) is 15.6.